The Morgan fingerprint density at radius 3 is 2.58 bits per heavy atom. The lowest BCUT2D eigenvalue weighted by molar-refractivity contribution is -0.121. The van der Waals surface area contributed by atoms with Crippen LogP contribution in [0.4, 0.5) is 5.69 Å². The van der Waals surface area contributed by atoms with E-state index in [1.54, 1.807) is 4.90 Å². The largest absolute Gasteiger partial charge is 0.354 e. The number of anilines is 1. The number of hydrogen-bond donors (Lipinski definition) is 1. The summed E-state index contributed by atoms with van der Waals surface area (Å²) >= 11 is 3.43. The van der Waals surface area contributed by atoms with Crippen molar-refractivity contribution in [2.75, 3.05) is 18.0 Å². The van der Waals surface area contributed by atoms with Gasteiger partial charge in [0.25, 0.3) is 0 Å². The zero-order valence-electron chi connectivity index (χ0n) is 11.3. The van der Waals surface area contributed by atoms with Gasteiger partial charge in [-0.1, -0.05) is 19.1 Å². The molecule has 5 heteroatoms. The minimum Gasteiger partial charge on any atom is -0.354 e. The number of halogens is 1. The predicted molar refractivity (Wildman–Crippen MR) is 80.1 cm³/mol. The minimum atomic E-state index is -0.0448. The first-order chi connectivity index (χ1) is 9.06. The highest BCUT2D eigenvalue weighted by Crippen LogP contribution is 2.25. The van der Waals surface area contributed by atoms with Crippen molar-refractivity contribution in [2.45, 2.75) is 26.7 Å². The molecule has 0 saturated heterocycles. The molecule has 1 aromatic rings. The molecule has 0 spiro atoms. The second-order valence-corrected chi connectivity index (χ2v) is 5.08. The molecule has 0 radical (unpaired) electrons. The Morgan fingerprint density at radius 1 is 1.32 bits per heavy atom. The lowest BCUT2D eigenvalue weighted by Gasteiger charge is -2.22. The van der Waals surface area contributed by atoms with Gasteiger partial charge in [-0.3, -0.25) is 9.59 Å². The summed E-state index contributed by atoms with van der Waals surface area (Å²) in [5, 5.41) is 2.81. The number of benzene rings is 1. The lowest BCUT2D eigenvalue weighted by atomic mass is 10.2. The first kappa shape index (κ1) is 15.7. The normalized spacial score (nSPS) is 10.1. The molecule has 4 nitrogen and oxygen atoms in total. The summed E-state index contributed by atoms with van der Waals surface area (Å²) < 4.78 is 0.866. The van der Waals surface area contributed by atoms with Crippen molar-refractivity contribution in [2.24, 2.45) is 0 Å². The molecule has 0 fully saturated rings. The van der Waals surface area contributed by atoms with Crippen molar-refractivity contribution < 1.29 is 9.59 Å². The molecule has 1 aromatic carbocycles. The summed E-state index contributed by atoms with van der Waals surface area (Å²) in [5.74, 6) is -0.0187. The third kappa shape index (κ3) is 5.03. The van der Waals surface area contributed by atoms with E-state index in [0.717, 1.165) is 16.6 Å². The SMILES string of the molecule is CCCC(=O)NCCN(C(C)=O)c1ccccc1Br. The van der Waals surface area contributed by atoms with Crippen LogP contribution in [-0.2, 0) is 9.59 Å². The van der Waals surface area contributed by atoms with Crippen molar-refractivity contribution in [1.82, 2.24) is 5.32 Å². The first-order valence-corrected chi connectivity index (χ1v) is 7.15. The second-order valence-electron chi connectivity index (χ2n) is 4.22. The number of rotatable bonds is 6. The van der Waals surface area contributed by atoms with E-state index in [0.29, 0.717) is 19.5 Å². The maximum Gasteiger partial charge on any atom is 0.223 e. The molecule has 0 aliphatic heterocycles. The third-order valence-corrected chi connectivity index (χ3v) is 3.33. The molecule has 1 rings (SSSR count). The molecule has 0 saturated carbocycles. The van der Waals surface area contributed by atoms with Gasteiger partial charge in [0, 0.05) is 30.9 Å². The number of hydrogen-bond acceptors (Lipinski definition) is 2. The van der Waals surface area contributed by atoms with Crippen LogP contribution < -0.4 is 10.2 Å². The number of carbonyl (C=O) groups excluding carboxylic acids is 2. The highest BCUT2D eigenvalue weighted by Gasteiger charge is 2.13. The van der Waals surface area contributed by atoms with E-state index in [1.807, 2.05) is 31.2 Å². The molecular formula is C14H19BrN2O2. The van der Waals surface area contributed by atoms with Crippen molar-refractivity contribution >= 4 is 33.4 Å². The lowest BCUT2D eigenvalue weighted by Crippen LogP contribution is -2.37. The van der Waals surface area contributed by atoms with Crippen LogP contribution in [0.15, 0.2) is 28.7 Å². The van der Waals surface area contributed by atoms with E-state index in [-0.39, 0.29) is 11.8 Å². The van der Waals surface area contributed by atoms with Gasteiger partial charge in [-0.25, -0.2) is 0 Å². The van der Waals surface area contributed by atoms with E-state index in [4.69, 9.17) is 0 Å². The topological polar surface area (TPSA) is 49.4 Å². The van der Waals surface area contributed by atoms with Crippen molar-refractivity contribution in [3.8, 4) is 0 Å². The molecule has 1 N–H and O–H groups in total. The summed E-state index contributed by atoms with van der Waals surface area (Å²) in [6, 6.07) is 7.54. The second kappa shape index (κ2) is 7.94. The van der Waals surface area contributed by atoms with Crippen molar-refractivity contribution in [1.29, 1.82) is 0 Å². The Balaban J connectivity index is 2.63. The van der Waals surface area contributed by atoms with Gasteiger partial charge in [0.05, 0.1) is 5.69 Å². The maximum absolute atomic E-state index is 11.7. The van der Waals surface area contributed by atoms with Crippen LogP contribution in [0.1, 0.15) is 26.7 Å². The molecule has 0 aliphatic carbocycles. The molecule has 0 heterocycles. The Labute approximate surface area is 122 Å². The molecule has 19 heavy (non-hydrogen) atoms. The molecular weight excluding hydrogens is 308 g/mol. The van der Waals surface area contributed by atoms with Gasteiger partial charge in [-0.15, -0.1) is 0 Å². The van der Waals surface area contributed by atoms with Crippen LogP contribution >= 0.6 is 15.9 Å². The molecule has 0 bridgehead atoms. The third-order valence-electron chi connectivity index (χ3n) is 2.66. The van der Waals surface area contributed by atoms with Gasteiger partial charge in [-0.05, 0) is 34.5 Å². The number of nitrogens with one attached hydrogen (secondary N) is 1. The van der Waals surface area contributed by atoms with E-state index in [2.05, 4.69) is 21.2 Å². The molecule has 0 unspecified atom stereocenters. The highest BCUT2D eigenvalue weighted by atomic mass is 79.9. The summed E-state index contributed by atoms with van der Waals surface area (Å²) in [7, 11) is 0. The Kier molecular flexibility index (Phi) is 6.56. The van der Waals surface area contributed by atoms with E-state index >= 15 is 0 Å². The predicted octanol–water partition coefficient (Wildman–Crippen LogP) is 2.72. The van der Waals surface area contributed by atoms with Crippen LogP contribution in [0.2, 0.25) is 0 Å². The maximum atomic E-state index is 11.7. The van der Waals surface area contributed by atoms with Gasteiger partial charge in [0.2, 0.25) is 11.8 Å². The van der Waals surface area contributed by atoms with Crippen LogP contribution in [-0.4, -0.2) is 24.9 Å². The average Bonchev–Trinajstić information content (AvgIpc) is 2.36. The Hall–Kier alpha value is -1.36. The zero-order chi connectivity index (χ0) is 14.3. The molecule has 104 valence electrons. The van der Waals surface area contributed by atoms with Crippen LogP contribution in [0, 0.1) is 0 Å². The number of nitrogens with zero attached hydrogens (tertiary/aromatic N) is 1. The summed E-state index contributed by atoms with van der Waals surface area (Å²) in [6.07, 6.45) is 1.35. The van der Waals surface area contributed by atoms with E-state index in [1.165, 1.54) is 6.92 Å². The molecule has 0 atom stereocenters. The fourth-order valence-corrected chi connectivity index (χ4v) is 2.24. The molecule has 2 amide bonds. The fourth-order valence-electron chi connectivity index (χ4n) is 1.74. The summed E-state index contributed by atoms with van der Waals surface area (Å²) in [5.41, 5.74) is 0.819. The zero-order valence-corrected chi connectivity index (χ0v) is 12.9. The smallest absolute Gasteiger partial charge is 0.223 e. The minimum absolute atomic E-state index is 0.0260. The number of carbonyl (C=O) groups is 2. The van der Waals surface area contributed by atoms with Crippen molar-refractivity contribution in [3.63, 3.8) is 0 Å². The van der Waals surface area contributed by atoms with E-state index in [9.17, 15) is 9.59 Å². The average molecular weight is 327 g/mol. The van der Waals surface area contributed by atoms with Crippen LogP contribution in [0.5, 0.6) is 0 Å². The fraction of sp³-hybridized carbons (Fsp3) is 0.429. The van der Waals surface area contributed by atoms with Gasteiger partial charge < -0.3 is 10.2 Å². The van der Waals surface area contributed by atoms with Gasteiger partial charge in [0.15, 0.2) is 0 Å². The van der Waals surface area contributed by atoms with Crippen molar-refractivity contribution in [3.05, 3.63) is 28.7 Å². The monoisotopic (exact) mass is 326 g/mol. The van der Waals surface area contributed by atoms with Gasteiger partial charge >= 0.3 is 0 Å². The Morgan fingerprint density at radius 2 is 2.00 bits per heavy atom. The molecule has 0 aromatic heterocycles. The quantitative estimate of drug-likeness (QED) is 0.873. The standard InChI is InChI=1S/C14H19BrN2O2/c1-3-6-14(19)16-9-10-17(11(2)18)13-8-5-4-7-12(13)15/h4-5,7-8H,3,6,9-10H2,1-2H3,(H,16,19). The van der Waals surface area contributed by atoms with Crippen LogP contribution in [0.3, 0.4) is 0 Å². The number of amides is 2. The van der Waals surface area contributed by atoms with Gasteiger partial charge in [-0.2, -0.15) is 0 Å². The molecule has 0 aliphatic rings. The van der Waals surface area contributed by atoms with E-state index < -0.39 is 0 Å². The Bertz CT molecular complexity index is 449. The highest BCUT2D eigenvalue weighted by molar-refractivity contribution is 9.10. The number of para-hydroxylation sites is 1. The summed E-state index contributed by atoms with van der Waals surface area (Å²) in [6.45, 7) is 4.41. The summed E-state index contributed by atoms with van der Waals surface area (Å²) in [4.78, 5) is 24.7. The van der Waals surface area contributed by atoms with Crippen LogP contribution in [0.25, 0.3) is 0 Å². The first-order valence-electron chi connectivity index (χ1n) is 6.35. The van der Waals surface area contributed by atoms with Gasteiger partial charge in [0.1, 0.15) is 0 Å².